The van der Waals surface area contributed by atoms with Crippen molar-refractivity contribution < 1.29 is 14.3 Å². The molecule has 0 saturated heterocycles. The van der Waals surface area contributed by atoms with Gasteiger partial charge in [-0.1, -0.05) is 78.9 Å². The molecule has 0 aliphatic carbocycles. The molecule has 0 atom stereocenters. The number of anilines is 1. The summed E-state index contributed by atoms with van der Waals surface area (Å²) in [4.78, 5) is 36.4. The lowest BCUT2D eigenvalue weighted by molar-refractivity contribution is -0.142. The number of nitrogens with zero attached hydrogens (tertiary/aromatic N) is 3. The SMILES string of the molecule is CN(C)c1ccc(CN(CCc2c[nH]c3ccccc23)C(=O)CN(CCc2ccccc2)C(=O)COc2ccccc2)cc1. The third kappa shape index (κ3) is 8.28. The molecule has 0 bridgehead atoms. The maximum atomic E-state index is 14.0. The number of carbonyl (C=O) groups is 2. The number of ether oxygens (including phenoxy) is 1. The Balaban J connectivity index is 1.33. The van der Waals surface area contributed by atoms with Crippen LogP contribution in [0.3, 0.4) is 0 Å². The van der Waals surface area contributed by atoms with Gasteiger partial charge in [0, 0.05) is 56.5 Å². The largest absolute Gasteiger partial charge is 0.484 e. The van der Waals surface area contributed by atoms with Crippen LogP contribution in [-0.4, -0.2) is 66.9 Å². The van der Waals surface area contributed by atoms with Crippen molar-refractivity contribution in [1.82, 2.24) is 14.8 Å². The molecule has 0 fully saturated rings. The highest BCUT2D eigenvalue weighted by Crippen LogP contribution is 2.20. The van der Waals surface area contributed by atoms with Gasteiger partial charge >= 0.3 is 0 Å². The van der Waals surface area contributed by atoms with Gasteiger partial charge in [0.05, 0.1) is 6.54 Å². The standard InChI is InChI=1S/C37H40N4O3/c1-39(2)32-19-17-30(18-20-32)26-40(24-22-31-25-38-35-16-10-9-15-34(31)35)36(42)27-41(23-21-29-11-5-3-6-12-29)37(43)28-44-33-13-7-4-8-14-33/h3-20,25,38H,21-24,26-28H2,1-2H3. The Kier molecular flexibility index (Phi) is 10.3. The van der Waals surface area contributed by atoms with E-state index in [2.05, 4.69) is 46.3 Å². The van der Waals surface area contributed by atoms with E-state index in [1.807, 2.05) is 98.0 Å². The van der Waals surface area contributed by atoms with Gasteiger partial charge in [-0.15, -0.1) is 0 Å². The average Bonchev–Trinajstić information content (AvgIpc) is 3.48. The lowest BCUT2D eigenvalue weighted by Crippen LogP contribution is -2.45. The van der Waals surface area contributed by atoms with Crippen molar-refractivity contribution in [3.8, 4) is 5.75 Å². The van der Waals surface area contributed by atoms with Crippen LogP contribution in [0.2, 0.25) is 0 Å². The van der Waals surface area contributed by atoms with E-state index < -0.39 is 0 Å². The zero-order valence-corrected chi connectivity index (χ0v) is 25.5. The summed E-state index contributed by atoms with van der Waals surface area (Å²) in [5.74, 6) is 0.310. The molecule has 226 valence electrons. The van der Waals surface area contributed by atoms with Gasteiger partial charge < -0.3 is 24.4 Å². The Morgan fingerprint density at radius 3 is 2.07 bits per heavy atom. The topological polar surface area (TPSA) is 68.9 Å². The summed E-state index contributed by atoms with van der Waals surface area (Å²) >= 11 is 0. The van der Waals surface area contributed by atoms with E-state index >= 15 is 0 Å². The maximum Gasteiger partial charge on any atom is 0.260 e. The van der Waals surface area contributed by atoms with E-state index in [1.165, 1.54) is 0 Å². The third-order valence-corrected chi connectivity index (χ3v) is 7.80. The number of H-pyrrole nitrogens is 1. The summed E-state index contributed by atoms with van der Waals surface area (Å²) in [6, 6.07) is 35.8. The van der Waals surface area contributed by atoms with E-state index in [-0.39, 0.29) is 25.0 Å². The Hall–Kier alpha value is -5.04. The minimum Gasteiger partial charge on any atom is -0.484 e. The second kappa shape index (κ2) is 14.9. The molecular weight excluding hydrogens is 548 g/mol. The van der Waals surface area contributed by atoms with Gasteiger partial charge in [0.1, 0.15) is 5.75 Å². The van der Waals surface area contributed by atoms with Crippen LogP contribution in [0.15, 0.2) is 115 Å². The van der Waals surface area contributed by atoms with Gasteiger partial charge in [-0.25, -0.2) is 0 Å². The van der Waals surface area contributed by atoms with Gasteiger partial charge in [-0.2, -0.15) is 0 Å². The monoisotopic (exact) mass is 588 g/mol. The molecule has 1 aromatic heterocycles. The number of amides is 2. The predicted molar refractivity (Wildman–Crippen MR) is 177 cm³/mol. The molecule has 0 saturated carbocycles. The zero-order chi connectivity index (χ0) is 30.7. The summed E-state index contributed by atoms with van der Waals surface area (Å²) in [6.07, 6.45) is 3.36. The molecule has 7 nitrogen and oxygen atoms in total. The molecule has 0 spiro atoms. The number of fused-ring (bicyclic) bond motifs is 1. The lowest BCUT2D eigenvalue weighted by Gasteiger charge is -2.28. The van der Waals surface area contributed by atoms with Gasteiger partial charge in [0.15, 0.2) is 6.61 Å². The van der Waals surface area contributed by atoms with Crippen molar-refractivity contribution in [3.63, 3.8) is 0 Å². The van der Waals surface area contributed by atoms with E-state index in [9.17, 15) is 9.59 Å². The van der Waals surface area contributed by atoms with Crippen molar-refractivity contribution in [2.24, 2.45) is 0 Å². The molecule has 0 aliphatic rings. The number of para-hydroxylation sites is 2. The number of aromatic nitrogens is 1. The first kappa shape index (κ1) is 30.4. The minimum absolute atomic E-state index is 0.0204. The smallest absolute Gasteiger partial charge is 0.260 e. The van der Waals surface area contributed by atoms with Crippen LogP contribution in [0.25, 0.3) is 10.9 Å². The van der Waals surface area contributed by atoms with Crippen molar-refractivity contribution in [3.05, 3.63) is 132 Å². The summed E-state index contributed by atoms with van der Waals surface area (Å²) in [6.45, 7) is 1.24. The Labute approximate surface area is 259 Å². The van der Waals surface area contributed by atoms with Crippen LogP contribution >= 0.6 is 0 Å². The van der Waals surface area contributed by atoms with Crippen molar-refractivity contribution in [2.75, 3.05) is 45.2 Å². The number of hydrogen-bond donors (Lipinski definition) is 1. The van der Waals surface area contributed by atoms with Crippen LogP contribution in [0.1, 0.15) is 16.7 Å². The summed E-state index contributed by atoms with van der Waals surface area (Å²) < 4.78 is 5.78. The molecule has 1 N–H and O–H groups in total. The van der Waals surface area contributed by atoms with Crippen molar-refractivity contribution >= 4 is 28.4 Å². The Morgan fingerprint density at radius 1 is 0.682 bits per heavy atom. The Bertz CT molecular complexity index is 1630. The number of aromatic amines is 1. The lowest BCUT2D eigenvalue weighted by atomic mass is 10.1. The highest BCUT2D eigenvalue weighted by molar-refractivity contribution is 5.86. The summed E-state index contributed by atoms with van der Waals surface area (Å²) in [5.41, 5.74) is 5.49. The van der Waals surface area contributed by atoms with E-state index in [4.69, 9.17) is 4.74 Å². The van der Waals surface area contributed by atoms with Gasteiger partial charge in [0.25, 0.3) is 5.91 Å². The number of nitrogens with one attached hydrogen (secondary N) is 1. The second-order valence-corrected chi connectivity index (χ2v) is 11.1. The molecule has 0 unspecified atom stereocenters. The fourth-order valence-electron chi connectivity index (χ4n) is 5.22. The highest BCUT2D eigenvalue weighted by Gasteiger charge is 2.23. The molecule has 44 heavy (non-hydrogen) atoms. The fraction of sp³-hybridized carbons (Fsp3) is 0.243. The quantitative estimate of drug-likeness (QED) is 0.174. The molecule has 1 heterocycles. The molecule has 5 aromatic rings. The van der Waals surface area contributed by atoms with Crippen LogP contribution in [0, 0.1) is 0 Å². The van der Waals surface area contributed by atoms with Crippen molar-refractivity contribution in [1.29, 1.82) is 0 Å². The predicted octanol–water partition coefficient (Wildman–Crippen LogP) is 5.96. The van der Waals surface area contributed by atoms with Gasteiger partial charge in [0.2, 0.25) is 5.91 Å². The zero-order valence-electron chi connectivity index (χ0n) is 25.5. The molecule has 7 heteroatoms. The normalized spacial score (nSPS) is 10.9. The minimum atomic E-state index is -0.218. The fourth-order valence-corrected chi connectivity index (χ4v) is 5.22. The first-order chi connectivity index (χ1) is 21.5. The maximum absolute atomic E-state index is 14.0. The van der Waals surface area contributed by atoms with Crippen molar-refractivity contribution in [2.45, 2.75) is 19.4 Å². The Morgan fingerprint density at radius 2 is 1.34 bits per heavy atom. The first-order valence-corrected chi connectivity index (χ1v) is 15.0. The molecule has 2 amide bonds. The number of rotatable bonds is 14. The van der Waals surface area contributed by atoms with E-state index in [0.717, 1.165) is 33.3 Å². The van der Waals surface area contributed by atoms with E-state index in [0.29, 0.717) is 38.2 Å². The van der Waals surface area contributed by atoms with Crippen LogP contribution in [-0.2, 0) is 29.0 Å². The van der Waals surface area contributed by atoms with Crippen LogP contribution in [0.5, 0.6) is 5.75 Å². The summed E-state index contributed by atoms with van der Waals surface area (Å²) in [5, 5.41) is 1.16. The van der Waals surface area contributed by atoms with Gasteiger partial charge in [-0.05, 0) is 59.9 Å². The van der Waals surface area contributed by atoms with Crippen LogP contribution < -0.4 is 9.64 Å². The highest BCUT2D eigenvalue weighted by atomic mass is 16.5. The first-order valence-electron chi connectivity index (χ1n) is 15.0. The average molecular weight is 589 g/mol. The third-order valence-electron chi connectivity index (χ3n) is 7.80. The number of hydrogen-bond acceptors (Lipinski definition) is 4. The molecule has 5 rings (SSSR count). The molecule has 0 radical (unpaired) electrons. The molecular formula is C37H40N4O3. The number of carbonyl (C=O) groups excluding carboxylic acids is 2. The van der Waals surface area contributed by atoms with E-state index in [1.54, 1.807) is 4.90 Å². The second-order valence-electron chi connectivity index (χ2n) is 11.1. The molecule has 0 aliphatic heterocycles. The van der Waals surface area contributed by atoms with Gasteiger partial charge in [-0.3, -0.25) is 9.59 Å². The number of benzene rings is 4. The summed E-state index contributed by atoms with van der Waals surface area (Å²) in [7, 11) is 4.02. The molecule has 4 aromatic carbocycles. The van der Waals surface area contributed by atoms with Crippen LogP contribution in [0.4, 0.5) is 5.69 Å².